The van der Waals surface area contributed by atoms with Crippen molar-refractivity contribution in [2.45, 2.75) is 39.7 Å². The molecule has 3 rings (SSSR count). The summed E-state index contributed by atoms with van der Waals surface area (Å²) in [4.78, 5) is 11.7. The van der Waals surface area contributed by atoms with Gasteiger partial charge in [0.15, 0.2) is 0 Å². The van der Waals surface area contributed by atoms with Crippen molar-refractivity contribution >= 4 is 16.9 Å². The lowest BCUT2D eigenvalue weighted by atomic mass is 10.0. The normalized spacial score (nSPS) is 10.9. The Hall–Kier alpha value is -2.75. The van der Waals surface area contributed by atoms with Crippen LogP contribution in [0.4, 0.5) is 0 Å². The fourth-order valence-corrected chi connectivity index (χ4v) is 3.59. The van der Waals surface area contributed by atoms with Gasteiger partial charge in [-0.15, -0.1) is 0 Å². The van der Waals surface area contributed by atoms with Gasteiger partial charge in [-0.05, 0) is 56.0 Å². The molecule has 0 bridgehead atoms. The molecule has 0 fully saturated rings. The van der Waals surface area contributed by atoms with E-state index in [1.54, 1.807) is 7.11 Å². The number of esters is 1. The first-order valence-electron chi connectivity index (χ1n) is 9.49. The van der Waals surface area contributed by atoms with Crippen LogP contribution in [0.15, 0.2) is 48.5 Å². The summed E-state index contributed by atoms with van der Waals surface area (Å²) in [6.45, 7) is 5.26. The molecule has 27 heavy (non-hydrogen) atoms. The van der Waals surface area contributed by atoms with Gasteiger partial charge in [0.1, 0.15) is 5.75 Å². The quantitative estimate of drug-likeness (QED) is 0.534. The fraction of sp³-hybridized carbons (Fsp3) is 0.348. The van der Waals surface area contributed by atoms with Crippen molar-refractivity contribution in [1.82, 2.24) is 4.57 Å². The molecule has 142 valence electrons. The number of ether oxygens (including phenoxy) is 2. The third-order valence-corrected chi connectivity index (χ3v) is 4.96. The molecule has 4 nitrogen and oxygen atoms in total. The molecule has 3 aromatic rings. The van der Waals surface area contributed by atoms with E-state index in [4.69, 9.17) is 9.47 Å². The number of carbonyl (C=O) groups excluding carboxylic acids is 1. The Bertz CT molecular complexity index is 912. The standard InChI is InChI=1S/C23H27NO3/c1-4-27-23(25)12-8-11-20-17(2)24(16-18-9-6-5-7-10-18)22-14-13-19(26-3)15-21(20)22/h5-7,9-10,13-15H,4,8,11-12,16H2,1-3H3. The number of nitrogens with zero attached hydrogens (tertiary/aromatic N) is 1. The lowest BCUT2D eigenvalue weighted by molar-refractivity contribution is -0.143. The molecule has 0 saturated heterocycles. The number of hydrogen-bond acceptors (Lipinski definition) is 3. The molecule has 0 aliphatic heterocycles. The second kappa shape index (κ2) is 8.76. The highest BCUT2D eigenvalue weighted by Crippen LogP contribution is 2.31. The van der Waals surface area contributed by atoms with Crippen LogP contribution >= 0.6 is 0 Å². The maximum atomic E-state index is 11.7. The van der Waals surface area contributed by atoms with Crippen LogP contribution in [0.25, 0.3) is 10.9 Å². The van der Waals surface area contributed by atoms with Crippen LogP contribution in [0, 0.1) is 6.92 Å². The van der Waals surface area contributed by atoms with E-state index < -0.39 is 0 Å². The number of benzene rings is 2. The zero-order valence-corrected chi connectivity index (χ0v) is 16.3. The Morgan fingerprint density at radius 3 is 2.59 bits per heavy atom. The minimum Gasteiger partial charge on any atom is -0.497 e. The number of carbonyl (C=O) groups is 1. The van der Waals surface area contributed by atoms with Crippen LogP contribution in [0.3, 0.4) is 0 Å². The molecule has 0 aliphatic carbocycles. The highest BCUT2D eigenvalue weighted by Gasteiger charge is 2.15. The van der Waals surface area contributed by atoms with Crippen LogP contribution in [0.1, 0.15) is 36.6 Å². The fourth-order valence-electron chi connectivity index (χ4n) is 3.59. The maximum absolute atomic E-state index is 11.7. The summed E-state index contributed by atoms with van der Waals surface area (Å²) in [6, 6.07) is 16.7. The molecule has 2 aromatic carbocycles. The van der Waals surface area contributed by atoms with Crippen molar-refractivity contribution < 1.29 is 14.3 Å². The molecule has 0 atom stereocenters. The highest BCUT2D eigenvalue weighted by atomic mass is 16.5. The number of aryl methyl sites for hydroxylation is 1. The van der Waals surface area contributed by atoms with Crippen LogP contribution in [0.2, 0.25) is 0 Å². The van der Waals surface area contributed by atoms with Gasteiger partial charge >= 0.3 is 5.97 Å². The first-order chi connectivity index (χ1) is 13.1. The summed E-state index contributed by atoms with van der Waals surface area (Å²) in [7, 11) is 1.69. The van der Waals surface area contributed by atoms with Gasteiger partial charge in [0.2, 0.25) is 0 Å². The second-order valence-corrected chi connectivity index (χ2v) is 6.68. The summed E-state index contributed by atoms with van der Waals surface area (Å²) in [5, 5.41) is 1.20. The minimum atomic E-state index is -0.124. The summed E-state index contributed by atoms with van der Waals surface area (Å²) >= 11 is 0. The van der Waals surface area contributed by atoms with E-state index in [9.17, 15) is 4.79 Å². The van der Waals surface area contributed by atoms with Crippen LogP contribution in [-0.2, 0) is 22.5 Å². The zero-order chi connectivity index (χ0) is 19.2. The van der Waals surface area contributed by atoms with E-state index in [-0.39, 0.29) is 5.97 Å². The highest BCUT2D eigenvalue weighted by molar-refractivity contribution is 5.87. The monoisotopic (exact) mass is 365 g/mol. The summed E-state index contributed by atoms with van der Waals surface area (Å²) < 4.78 is 12.8. The molecular formula is C23H27NO3. The molecule has 4 heteroatoms. The van der Waals surface area contributed by atoms with Crippen LogP contribution in [-0.4, -0.2) is 24.3 Å². The van der Waals surface area contributed by atoms with E-state index in [0.29, 0.717) is 13.0 Å². The first kappa shape index (κ1) is 19.0. The third-order valence-electron chi connectivity index (χ3n) is 4.96. The largest absolute Gasteiger partial charge is 0.497 e. The molecule has 0 spiro atoms. The summed E-state index contributed by atoms with van der Waals surface area (Å²) in [6.07, 6.45) is 2.07. The third kappa shape index (κ3) is 4.33. The van der Waals surface area contributed by atoms with Gasteiger partial charge in [0.25, 0.3) is 0 Å². The first-order valence-corrected chi connectivity index (χ1v) is 9.49. The van der Waals surface area contributed by atoms with E-state index in [1.165, 1.54) is 27.7 Å². The maximum Gasteiger partial charge on any atom is 0.305 e. The molecule has 0 saturated carbocycles. The second-order valence-electron chi connectivity index (χ2n) is 6.68. The van der Waals surface area contributed by atoms with Crippen molar-refractivity contribution in [1.29, 1.82) is 0 Å². The number of rotatable bonds is 8. The molecule has 1 aromatic heterocycles. The van der Waals surface area contributed by atoms with E-state index >= 15 is 0 Å². The smallest absolute Gasteiger partial charge is 0.305 e. The Kier molecular flexibility index (Phi) is 6.17. The topological polar surface area (TPSA) is 40.5 Å². The van der Waals surface area contributed by atoms with Crippen molar-refractivity contribution in [2.75, 3.05) is 13.7 Å². The average Bonchev–Trinajstić information content (AvgIpc) is 2.94. The minimum absolute atomic E-state index is 0.124. The van der Waals surface area contributed by atoms with Gasteiger partial charge in [-0.1, -0.05) is 30.3 Å². The molecule has 0 radical (unpaired) electrons. The lowest BCUT2D eigenvalue weighted by Gasteiger charge is -2.09. The van der Waals surface area contributed by atoms with Crippen molar-refractivity contribution in [3.8, 4) is 5.75 Å². The number of fused-ring (bicyclic) bond motifs is 1. The predicted octanol–water partition coefficient (Wildman–Crippen LogP) is 4.89. The Labute approximate surface area is 160 Å². The predicted molar refractivity (Wildman–Crippen MR) is 108 cm³/mol. The van der Waals surface area contributed by atoms with Gasteiger partial charge in [0, 0.05) is 29.6 Å². The summed E-state index contributed by atoms with van der Waals surface area (Å²) in [5.41, 5.74) is 4.99. The van der Waals surface area contributed by atoms with Crippen molar-refractivity contribution in [3.63, 3.8) is 0 Å². The van der Waals surface area contributed by atoms with Gasteiger partial charge in [-0.25, -0.2) is 0 Å². The van der Waals surface area contributed by atoms with E-state index in [1.807, 2.05) is 19.1 Å². The Morgan fingerprint density at radius 2 is 1.89 bits per heavy atom. The van der Waals surface area contributed by atoms with Gasteiger partial charge in [-0.2, -0.15) is 0 Å². The Balaban J connectivity index is 1.93. The zero-order valence-electron chi connectivity index (χ0n) is 16.3. The molecule has 0 N–H and O–H groups in total. The van der Waals surface area contributed by atoms with Gasteiger partial charge < -0.3 is 14.0 Å². The number of methoxy groups -OCH3 is 1. The van der Waals surface area contributed by atoms with Gasteiger partial charge in [0.05, 0.1) is 13.7 Å². The summed E-state index contributed by atoms with van der Waals surface area (Å²) in [5.74, 6) is 0.728. The lowest BCUT2D eigenvalue weighted by Crippen LogP contribution is -2.05. The average molecular weight is 365 g/mol. The van der Waals surface area contributed by atoms with Crippen LogP contribution < -0.4 is 4.74 Å². The van der Waals surface area contributed by atoms with E-state index in [0.717, 1.165) is 25.1 Å². The molecule has 0 aliphatic rings. The van der Waals surface area contributed by atoms with Crippen molar-refractivity contribution in [3.05, 3.63) is 65.4 Å². The molecular weight excluding hydrogens is 338 g/mol. The van der Waals surface area contributed by atoms with Gasteiger partial charge in [-0.3, -0.25) is 4.79 Å². The molecule has 0 unspecified atom stereocenters. The SMILES string of the molecule is CCOC(=O)CCCc1c(C)n(Cc2ccccc2)c2ccc(OC)cc12. The number of aromatic nitrogens is 1. The van der Waals surface area contributed by atoms with E-state index in [2.05, 4.69) is 47.9 Å². The molecule has 1 heterocycles. The number of hydrogen-bond donors (Lipinski definition) is 0. The molecule has 0 amide bonds. The van der Waals surface area contributed by atoms with Crippen LogP contribution in [0.5, 0.6) is 5.75 Å². The van der Waals surface area contributed by atoms with Crippen molar-refractivity contribution in [2.24, 2.45) is 0 Å². The Morgan fingerprint density at radius 1 is 1.11 bits per heavy atom.